The first-order chi connectivity index (χ1) is 10.5. The molecule has 0 radical (unpaired) electrons. The molecule has 0 bridgehead atoms. The molecular formula is C14H19N3O4S. The summed E-state index contributed by atoms with van der Waals surface area (Å²) in [5.41, 5.74) is 5.81. The third-order valence-corrected chi connectivity index (χ3v) is 2.87. The van der Waals surface area contributed by atoms with E-state index >= 15 is 0 Å². The second kappa shape index (κ2) is 8.96. The number of amides is 1. The summed E-state index contributed by atoms with van der Waals surface area (Å²) < 4.78 is 9.55. The molecule has 22 heavy (non-hydrogen) atoms. The minimum Gasteiger partial charge on any atom is -0.465 e. The molecular weight excluding hydrogens is 306 g/mol. The normalized spacial score (nSPS) is 11.2. The van der Waals surface area contributed by atoms with Crippen LogP contribution < -0.4 is 16.2 Å². The van der Waals surface area contributed by atoms with Gasteiger partial charge in [0.05, 0.1) is 19.3 Å². The van der Waals surface area contributed by atoms with Crippen LogP contribution in [0.2, 0.25) is 0 Å². The molecule has 1 aromatic carbocycles. The molecule has 0 aliphatic carbocycles. The van der Waals surface area contributed by atoms with E-state index < -0.39 is 5.97 Å². The summed E-state index contributed by atoms with van der Waals surface area (Å²) in [5.74, 6) is -0.831. The molecule has 1 rings (SSSR count). The Hall–Kier alpha value is -2.19. The zero-order chi connectivity index (χ0) is 16.5. The summed E-state index contributed by atoms with van der Waals surface area (Å²) in [6, 6.07) is 6.08. The molecule has 3 N–H and O–H groups in total. The first-order valence-electron chi connectivity index (χ1n) is 6.52. The molecule has 0 spiro atoms. The molecule has 0 heterocycles. The van der Waals surface area contributed by atoms with Crippen LogP contribution in [0, 0.1) is 0 Å². The third kappa shape index (κ3) is 5.66. The van der Waals surface area contributed by atoms with Gasteiger partial charge in [-0.25, -0.2) is 4.79 Å². The van der Waals surface area contributed by atoms with E-state index in [1.54, 1.807) is 7.11 Å². The molecule has 8 heteroatoms. The van der Waals surface area contributed by atoms with E-state index in [9.17, 15) is 9.59 Å². The molecule has 0 unspecified atom stereocenters. The number of esters is 1. The number of methoxy groups -OCH3 is 2. The van der Waals surface area contributed by atoms with Crippen molar-refractivity contribution >= 4 is 29.2 Å². The van der Waals surface area contributed by atoms with Crippen molar-refractivity contribution < 1.29 is 19.1 Å². The molecule has 1 atom stereocenters. The third-order valence-electron chi connectivity index (χ3n) is 2.65. The van der Waals surface area contributed by atoms with Crippen molar-refractivity contribution in [3.8, 4) is 0 Å². The number of carbonyl (C=O) groups is 2. The predicted octanol–water partition coefficient (Wildman–Crippen LogP) is 0.617. The highest BCUT2D eigenvalue weighted by molar-refractivity contribution is 7.80. The molecule has 120 valence electrons. The molecule has 0 saturated carbocycles. The molecule has 0 fully saturated rings. The number of thiocarbonyl (C=S) groups is 1. The van der Waals surface area contributed by atoms with Gasteiger partial charge >= 0.3 is 5.97 Å². The van der Waals surface area contributed by atoms with Crippen LogP contribution in [0.15, 0.2) is 24.3 Å². The monoisotopic (exact) mass is 325 g/mol. The Balaban J connectivity index is 2.48. The number of ether oxygens (including phenoxy) is 2. The molecule has 0 saturated heterocycles. The van der Waals surface area contributed by atoms with Crippen LogP contribution in [0.4, 0.5) is 0 Å². The van der Waals surface area contributed by atoms with Crippen molar-refractivity contribution in [2.75, 3.05) is 20.8 Å². The van der Waals surface area contributed by atoms with E-state index in [0.29, 0.717) is 17.7 Å². The van der Waals surface area contributed by atoms with E-state index in [2.05, 4.69) is 20.9 Å². The average Bonchev–Trinajstić information content (AvgIpc) is 2.52. The van der Waals surface area contributed by atoms with Gasteiger partial charge in [0.2, 0.25) is 0 Å². The largest absolute Gasteiger partial charge is 0.465 e. The standard InChI is InChI=1S/C14H19N3O4S/c1-9(8-20-2)15-14(22)17-16-12(18)10-4-6-11(7-5-10)13(19)21-3/h4-7,9H,8H2,1-3H3,(H,16,18)(H2,15,17,22)/t9-/m1/s1. The first kappa shape index (κ1) is 17.9. The van der Waals surface area contributed by atoms with Gasteiger partial charge in [-0.1, -0.05) is 0 Å². The van der Waals surface area contributed by atoms with Crippen molar-refractivity contribution in [3.63, 3.8) is 0 Å². The zero-order valence-corrected chi connectivity index (χ0v) is 13.5. The summed E-state index contributed by atoms with van der Waals surface area (Å²) in [6.45, 7) is 2.38. The first-order valence-corrected chi connectivity index (χ1v) is 6.93. The maximum Gasteiger partial charge on any atom is 0.337 e. The lowest BCUT2D eigenvalue weighted by molar-refractivity contribution is 0.0600. The summed E-state index contributed by atoms with van der Waals surface area (Å²) in [4.78, 5) is 23.2. The quantitative estimate of drug-likeness (QED) is 0.415. The maximum atomic E-state index is 11.9. The number of rotatable bonds is 5. The topological polar surface area (TPSA) is 88.7 Å². The van der Waals surface area contributed by atoms with E-state index in [-0.39, 0.29) is 17.1 Å². The van der Waals surface area contributed by atoms with Crippen LogP contribution in [-0.4, -0.2) is 43.9 Å². The van der Waals surface area contributed by atoms with Crippen LogP contribution in [-0.2, 0) is 9.47 Å². The predicted molar refractivity (Wildman–Crippen MR) is 85.5 cm³/mol. The summed E-state index contributed by atoms with van der Waals surface area (Å²) in [7, 11) is 2.89. The Kier molecular flexibility index (Phi) is 7.27. The van der Waals surface area contributed by atoms with Gasteiger partial charge in [-0.2, -0.15) is 0 Å². The second-order valence-electron chi connectivity index (χ2n) is 4.48. The Morgan fingerprint density at radius 3 is 2.27 bits per heavy atom. The SMILES string of the molecule is COC[C@@H](C)NC(=S)NNC(=O)c1ccc(C(=O)OC)cc1. The van der Waals surface area contributed by atoms with Crippen LogP contribution in [0.3, 0.4) is 0 Å². The van der Waals surface area contributed by atoms with Crippen LogP contribution in [0.5, 0.6) is 0 Å². The molecule has 0 aromatic heterocycles. The lowest BCUT2D eigenvalue weighted by Gasteiger charge is -2.16. The Bertz CT molecular complexity index is 533. The lowest BCUT2D eigenvalue weighted by Crippen LogP contribution is -2.49. The van der Waals surface area contributed by atoms with Crippen LogP contribution in [0.25, 0.3) is 0 Å². The fourth-order valence-corrected chi connectivity index (χ4v) is 1.86. The summed E-state index contributed by atoms with van der Waals surface area (Å²) in [5, 5.41) is 3.22. The van der Waals surface area contributed by atoms with E-state index in [1.807, 2.05) is 6.92 Å². The highest BCUT2D eigenvalue weighted by Gasteiger charge is 2.09. The van der Waals surface area contributed by atoms with Crippen LogP contribution in [0.1, 0.15) is 27.6 Å². The van der Waals surface area contributed by atoms with Crippen molar-refractivity contribution in [2.45, 2.75) is 13.0 Å². The Morgan fingerprint density at radius 2 is 1.73 bits per heavy atom. The van der Waals surface area contributed by atoms with Gasteiger partial charge < -0.3 is 14.8 Å². The molecule has 0 aliphatic heterocycles. The van der Waals surface area contributed by atoms with E-state index in [4.69, 9.17) is 17.0 Å². The van der Waals surface area contributed by atoms with Gasteiger partial charge in [-0.3, -0.25) is 15.6 Å². The van der Waals surface area contributed by atoms with Crippen molar-refractivity contribution in [1.29, 1.82) is 0 Å². The maximum absolute atomic E-state index is 11.9. The minimum absolute atomic E-state index is 0.0150. The van der Waals surface area contributed by atoms with Gasteiger partial charge in [0.1, 0.15) is 0 Å². The number of benzene rings is 1. The highest BCUT2D eigenvalue weighted by Crippen LogP contribution is 2.05. The number of hydrazine groups is 1. The highest BCUT2D eigenvalue weighted by atomic mass is 32.1. The lowest BCUT2D eigenvalue weighted by atomic mass is 10.1. The Morgan fingerprint density at radius 1 is 1.14 bits per heavy atom. The zero-order valence-electron chi connectivity index (χ0n) is 12.6. The van der Waals surface area contributed by atoms with Gasteiger partial charge in [-0.05, 0) is 43.4 Å². The van der Waals surface area contributed by atoms with Gasteiger partial charge in [0, 0.05) is 18.7 Å². The number of hydrogen-bond donors (Lipinski definition) is 3. The number of carbonyl (C=O) groups excluding carboxylic acids is 2. The van der Waals surface area contributed by atoms with Crippen molar-refractivity contribution in [2.24, 2.45) is 0 Å². The van der Waals surface area contributed by atoms with Gasteiger partial charge in [0.25, 0.3) is 5.91 Å². The second-order valence-corrected chi connectivity index (χ2v) is 4.89. The van der Waals surface area contributed by atoms with Gasteiger partial charge in [0.15, 0.2) is 5.11 Å². The fraction of sp³-hybridized carbons (Fsp3) is 0.357. The van der Waals surface area contributed by atoms with Crippen molar-refractivity contribution in [3.05, 3.63) is 35.4 Å². The van der Waals surface area contributed by atoms with E-state index in [1.165, 1.54) is 31.4 Å². The smallest absolute Gasteiger partial charge is 0.337 e. The summed E-state index contributed by atoms with van der Waals surface area (Å²) in [6.07, 6.45) is 0. The van der Waals surface area contributed by atoms with E-state index in [0.717, 1.165) is 0 Å². The minimum atomic E-state index is -0.456. The average molecular weight is 325 g/mol. The molecule has 1 aromatic rings. The molecule has 0 aliphatic rings. The number of hydrogen-bond acceptors (Lipinski definition) is 5. The fourth-order valence-electron chi connectivity index (χ4n) is 1.61. The van der Waals surface area contributed by atoms with Crippen molar-refractivity contribution in [1.82, 2.24) is 16.2 Å². The molecule has 1 amide bonds. The summed E-state index contributed by atoms with van der Waals surface area (Å²) >= 11 is 5.03. The van der Waals surface area contributed by atoms with Crippen LogP contribution >= 0.6 is 12.2 Å². The van der Waals surface area contributed by atoms with Gasteiger partial charge in [-0.15, -0.1) is 0 Å². The molecule has 7 nitrogen and oxygen atoms in total. The number of nitrogens with one attached hydrogen (secondary N) is 3. The Labute approximate surface area is 134 Å².